The first-order valence-electron chi connectivity index (χ1n) is 9.33. The molecule has 0 atom stereocenters. The highest BCUT2D eigenvalue weighted by Gasteiger charge is 2.33. The zero-order valence-corrected chi connectivity index (χ0v) is 17.9. The number of amides is 1. The molecule has 0 saturated heterocycles. The lowest BCUT2D eigenvalue weighted by molar-refractivity contribution is -0.137. The lowest BCUT2D eigenvalue weighted by Crippen LogP contribution is -2.14. The van der Waals surface area contributed by atoms with E-state index in [9.17, 15) is 18.0 Å². The number of carbonyl (C=O) groups excluding carboxylic acids is 1. The van der Waals surface area contributed by atoms with Gasteiger partial charge in [0, 0.05) is 16.8 Å². The number of benzene rings is 3. The first-order chi connectivity index (χ1) is 15.2. The molecular formula is C23H19ClF3NO4. The normalized spacial score (nSPS) is 11.1. The van der Waals surface area contributed by atoms with Crippen LogP contribution in [0.25, 0.3) is 0 Å². The summed E-state index contributed by atoms with van der Waals surface area (Å²) in [6.45, 7) is 0.107. The van der Waals surface area contributed by atoms with Crippen LogP contribution in [-0.2, 0) is 12.8 Å². The average molecular weight is 466 g/mol. The van der Waals surface area contributed by atoms with Gasteiger partial charge >= 0.3 is 6.18 Å². The van der Waals surface area contributed by atoms with Crippen LogP contribution in [0.15, 0.2) is 60.7 Å². The summed E-state index contributed by atoms with van der Waals surface area (Å²) >= 11 is 5.62. The second-order valence-electron chi connectivity index (χ2n) is 6.64. The largest absolute Gasteiger partial charge is 0.497 e. The topological polar surface area (TPSA) is 56.8 Å². The van der Waals surface area contributed by atoms with Crippen LogP contribution in [0.2, 0.25) is 5.02 Å². The van der Waals surface area contributed by atoms with Crippen molar-refractivity contribution in [2.45, 2.75) is 12.8 Å². The first-order valence-corrected chi connectivity index (χ1v) is 9.71. The predicted octanol–water partition coefficient (Wildman–Crippen LogP) is 6.21. The molecule has 0 aliphatic carbocycles. The van der Waals surface area contributed by atoms with E-state index < -0.39 is 22.7 Å². The summed E-state index contributed by atoms with van der Waals surface area (Å²) in [5.41, 5.74) is -0.246. The molecular weight excluding hydrogens is 447 g/mol. The Morgan fingerprint density at radius 3 is 2.25 bits per heavy atom. The van der Waals surface area contributed by atoms with E-state index in [4.69, 9.17) is 25.8 Å². The van der Waals surface area contributed by atoms with Crippen LogP contribution in [-0.4, -0.2) is 20.1 Å². The summed E-state index contributed by atoms with van der Waals surface area (Å²) < 4.78 is 55.3. The van der Waals surface area contributed by atoms with E-state index >= 15 is 0 Å². The van der Waals surface area contributed by atoms with Gasteiger partial charge in [0.1, 0.15) is 23.9 Å². The van der Waals surface area contributed by atoms with E-state index in [0.29, 0.717) is 22.8 Å². The Kier molecular flexibility index (Phi) is 7.15. The van der Waals surface area contributed by atoms with E-state index in [2.05, 4.69) is 5.32 Å². The summed E-state index contributed by atoms with van der Waals surface area (Å²) in [7, 11) is 3.05. The van der Waals surface area contributed by atoms with Gasteiger partial charge in [-0.15, -0.1) is 0 Å². The number of rotatable bonds is 7. The lowest BCUT2D eigenvalue weighted by atomic mass is 10.1. The molecule has 3 aromatic carbocycles. The van der Waals surface area contributed by atoms with Gasteiger partial charge in [-0.2, -0.15) is 13.2 Å². The molecule has 9 heteroatoms. The molecule has 0 aromatic heterocycles. The number of nitrogens with one attached hydrogen (secondary N) is 1. The van der Waals surface area contributed by atoms with Crippen molar-refractivity contribution >= 4 is 23.2 Å². The van der Waals surface area contributed by atoms with Gasteiger partial charge in [-0.1, -0.05) is 11.6 Å². The molecule has 1 N–H and O–H groups in total. The highest BCUT2D eigenvalue weighted by atomic mass is 35.5. The van der Waals surface area contributed by atoms with E-state index in [0.717, 1.165) is 12.1 Å². The minimum Gasteiger partial charge on any atom is -0.497 e. The standard InChI is InChI=1S/C23H19ClF3NO4/c1-30-17-5-7-18(8-6-17)32-13-15-11-14(3-10-21(15)31-2)22(29)28-16-4-9-20(24)19(12-16)23(25,26)27/h3-12H,13H2,1-2H3,(H,28,29). The number of hydrogen-bond donors (Lipinski definition) is 1. The zero-order chi connectivity index (χ0) is 23.3. The van der Waals surface area contributed by atoms with Gasteiger partial charge in [-0.05, 0) is 60.7 Å². The Hall–Kier alpha value is -3.39. The number of hydrogen-bond acceptors (Lipinski definition) is 4. The Morgan fingerprint density at radius 2 is 1.62 bits per heavy atom. The highest BCUT2D eigenvalue weighted by Crippen LogP contribution is 2.36. The lowest BCUT2D eigenvalue weighted by Gasteiger charge is -2.14. The third kappa shape index (κ3) is 5.64. The molecule has 0 radical (unpaired) electrons. The Labute approximate surface area is 187 Å². The molecule has 0 aliphatic rings. The molecule has 168 valence electrons. The number of alkyl halides is 3. The third-order valence-electron chi connectivity index (χ3n) is 4.53. The molecule has 3 aromatic rings. The Morgan fingerprint density at radius 1 is 0.938 bits per heavy atom. The van der Waals surface area contributed by atoms with Crippen LogP contribution in [0.5, 0.6) is 17.2 Å². The van der Waals surface area contributed by atoms with Gasteiger partial charge in [-0.3, -0.25) is 4.79 Å². The maximum absolute atomic E-state index is 13.1. The molecule has 3 rings (SSSR count). The van der Waals surface area contributed by atoms with Crippen molar-refractivity contribution in [3.8, 4) is 17.2 Å². The fraction of sp³-hybridized carbons (Fsp3) is 0.174. The molecule has 0 unspecified atom stereocenters. The maximum atomic E-state index is 13.1. The van der Waals surface area contributed by atoms with Crippen LogP contribution < -0.4 is 19.5 Å². The monoisotopic (exact) mass is 465 g/mol. The summed E-state index contributed by atoms with van der Waals surface area (Å²) in [5.74, 6) is 1.18. The van der Waals surface area contributed by atoms with Crippen LogP contribution in [0.4, 0.5) is 18.9 Å². The molecule has 5 nitrogen and oxygen atoms in total. The summed E-state index contributed by atoms with van der Waals surface area (Å²) in [6, 6.07) is 14.8. The fourth-order valence-electron chi connectivity index (χ4n) is 2.89. The molecule has 0 spiro atoms. The van der Waals surface area contributed by atoms with Crippen molar-refractivity contribution in [3.05, 3.63) is 82.4 Å². The summed E-state index contributed by atoms with van der Waals surface area (Å²) in [6.07, 6.45) is -4.64. The van der Waals surface area contributed by atoms with Crippen LogP contribution in [0.1, 0.15) is 21.5 Å². The second kappa shape index (κ2) is 9.82. The molecule has 1 amide bonds. The molecule has 32 heavy (non-hydrogen) atoms. The molecule has 0 bridgehead atoms. The minimum absolute atomic E-state index is 0.0291. The smallest absolute Gasteiger partial charge is 0.417 e. The van der Waals surface area contributed by atoms with E-state index in [1.54, 1.807) is 43.5 Å². The van der Waals surface area contributed by atoms with Gasteiger partial charge < -0.3 is 19.5 Å². The molecule has 0 saturated carbocycles. The fourth-order valence-corrected chi connectivity index (χ4v) is 3.11. The van der Waals surface area contributed by atoms with Crippen LogP contribution >= 0.6 is 11.6 Å². The maximum Gasteiger partial charge on any atom is 0.417 e. The number of anilines is 1. The Balaban J connectivity index is 1.77. The van der Waals surface area contributed by atoms with E-state index in [1.807, 2.05) is 0 Å². The first kappa shape index (κ1) is 23.3. The molecule has 0 heterocycles. The van der Waals surface area contributed by atoms with E-state index in [-0.39, 0.29) is 17.9 Å². The molecule has 0 aliphatic heterocycles. The van der Waals surface area contributed by atoms with Gasteiger partial charge in [-0.25, -0.2) is 0 Å². The van der Waals surface area contributed by atoms with Gasteiger partial charge in [0.05, 0.1) is 24.8 Å². The highest BCUT2D eigenvalue weighted by molar-refractivity contribution is 6.31. The van der Waals surface area contributed by atoms with Crippen molar-refractivity contribution in [2.24, 2.45) is 0 Å². The second-order valence-corrected chi connectivity index (χ2v) is 7.04. The number of halogens is 4. The van der Waals surface area contributed by atoms with Gasteiger partial charge in [0.25, 0.3) is 5.91 Å². The minimum atomic E-state index is -4.64. The molecule has 0 fully saturated rings. The SMILES string of the molecule is COc1ccc(OCc2cc(C(=O)Nc3ccc(Cl)c(C(F)(F)F)c3)ccc2OC)cc1. The zero-order valence-electron chi connectivity index (χ0n) is 17.1. The number of ether oxygens (including phenoxy) is 3. The van der Waals surface area contributed by atoms with Crippen molar-refractivity contribution in [2.75, 3.05) is 19.5 Å². The quantitative estimate of drug-likeness (QED) is 0.451. The van der Waals surface area contributed by atoms with Crippen molar-refractivity contribution in [3.63, 3.8) is 0 Å². The van der Waals surface area contributed by atoms with Crippen molar-refractivity contribution in [1.82, 2.24) is 0 Å². The average Bonchev–Trinajstić information content (AvgIpc) is 2.78. The predicted molar refractivity (Wildman–Crippen MR) is 115 cm³/mol. The third-order valence-corrected chi connectivity index (χ3v) is 4.86. The van der Waals surface area contributed by atoms with Crippen LogP contribution in [0.3, 0.4) is 0 Å². The summed E-state index contributed by atoms with van der Waals surface area (Å²) in [4.78, 5) is 12.6. The Bertz CT molecular complexity index is 1100. The van der Waals surface area contributed by atoms with Crippen molar-refractivity contribution in [1.29, 1.82) is 0 Å². The van der Waals surface area contributed by atoms with Gasteiger partial charge in [0.2, 0.25) is 0 Å². The van der Waals surface area contributed by atoms with Crippen LogP contribution in [0, 0.1) is 0 Å². The van der Waals surface area contributed by atoms with Crippen molar-refractivity contribution < 1.29 is 32.2 Å². The van der Waals surface area contributed by atoms with E-state index in [1.165, 1.54) is 19.2 Å². The van der Waals surface area contributed by atoms with Gasteiger partial charge in [0.15, 0.2) is 0 Å². The number of carbonyl (C=O) groups is 1. The number of methoxy groups -OCH3 is 2. The summed E-state index contributed by atoms with van der Waals surface area (Å²) in [5, 5.41) is 2.01.